The molecule has 0 bridgehead atoms. The lowest BCUT2D eigenvalue weighted by molar-refractivity contribution is 0.0706. The smallest absolute Gasteiger partial charge is 0.274 e. The van der Waals surface area contributed by atoms with Crippen molar-refractivity contribution >= 4 is 16.9 Å². The van der Waals surface area contributed by atoms with E-state index in [0.717, 1.165) is 16.9 Å². The molecular weight excluding hydrogens is 338 g/mol. The molecule has 1 amide bonds. The van der Waals surface area contributed by atoms with Gasteiger partial charge < -0.3 is 4.57 Å². The van der Waals surface area contributed by atoms with Crippen molar-refractivity contribution in [3.05, 3.63) is 90.0 Å². The van der Waals surface area contributed by atoms with Crippen molar-refractivity contribution in [2.75, 3.05) is 0 Å². The summed E-state index contributed by atoms with van der Waals surface area (Å²) >= 11 is 0. The van der Waals surface area contributed by atoms with Crippen LogP contribution < -0.4 is 5.48 Å². The molecule has 0 fully saturated rings. The molecule has 0 radical (unpaired) electrons. The first kappa shape index (κ1) is 17.0. The number of carbonyl (C=O) groups is 1. The molecule has 27 heavy (non-hydrogen) atoms. The molecule has 0 saturated carbocycles. The minimum atomic E-state index is -0.552. The van der Waals surface area contributed by atoms with Crippen LogP contribution in [0.5, 0.6) is 0 Å². The number of benzene rings is 3. The fourth-order valence-electron chi connectivity index (χ4n) is 3.37. The van der Waals surface area contributed by atoms with Gasteiger partial charge in [-0.2, -0.15) is 0 Å². The summed E-state index contributed by atoms with van der Waals surface area (Å²) in [7, 11) is 0. The van der Waals surface area contributed by atoms with Crippen molar-refractivity contribution in [3.8, 4) is 11.4 Å². The van der Waals surface area contributed by atoms with Gasteiger partial charge in [0.15, 0.2) is 0 Å². The second-order valence-corrected chi connectivity index (χ2v) is 6.40. The third-order valence-electron chi connectivity index (χ3n) is 4.75. The third-order valence-corrected chi connectivity index (χ3v) is 4.75. The summed E-state index contributed by atoms with van der Waals surface area (Å²) in [6.45, 7) is 2.14. The second-order valence-electron chi connectivity index (χ2n) is 6.40. The Kier molecular flexibility index (Phi) is 4.44. The molecule has 0 unspecified atom stereocenters. The Bertz CT molecular complexity index is 1090. The van der Waals surface area contributed by atoms with Crippen molar-refractivity contribution in [2.45, 2.75) is 13.0 Å². The zero-order valence-electron chi connectivity index (χ0n) is 14.8. The van der Waals surface area contributed by atoms with E-state index in [1.165, 1.54) is 5.56 Å². The largest absolute Gasteiger partial charge is 0.317 e. The van der Waals surface area contributed by atoms with E-state index in [-0.39, 0.29) is 6.04 Å². The molecule has 1 heterocycles. The first-order valence-corrected chi connectivity index (χ1v) is 8.76. The van der Waals surface area contributed by atoms with Crippen molar-refractivity contribution in [3.63, 3.8) is 0 Å². The fraction of sp³-hybridized carbons (Fsp3) is 0.0909. The van der Waals surface area contributed by atoms with E-state index in [9.17, 15) is 4.79 Å². The number of rotatable bonds is 4. The van der Waals surface area contributed by atoms with Crippen molar-refractivity contribution < 1.29 is 10.0 Å². The predicted octanol–water partition coefficient (Wildman–Crippen LogP) is 4.43. The van der Waals surface area contributed by atoms with Gasteiger partial charge >= 0.3 is 0 Å². The van der Waals surface area contributed by atoms with Crippen LogP contribution in [-0.2, 0) is 0 Å². The van der Waals surface area contributed by atoms with Crippen LogP contribution in [0.25, 0.3) is 22.4 Å². The Morgan fingerprint density at radius 3 is 2.33 bits per heavy atom. The first-order valence-electron chi connectivity index (χ1n) is 8.76. The van der Waals surface area contributed by atoms with E-state index in [0.29, 0.717) is 11.1 Å². The third kappa shape index (κ3) is 3.09. The van der Waals surface area contributed by atoms with Gasteiger partial charge in [0.1, 0.15) is 5.82 Å². The highest BCUT2D eigenvalue weighted by Crippen LogP contribution is 2.31. The van der Waals surface area contributed by atoms with Crippen molar-refractivity contribution in [2.24, 2.45) is 0 Å². The average molecular weight is 357 g/mol. The molecule has 1 aromatic heterocycles. The maximum absolute atomic E-state index is 11.8. The minimum absolute atomic E-state index is 0.0592. The van der Waals surface area contributed by atoms with Gasteiger partial charge in [-0.25, -0.2) is 10.5 Å². The summed E-state index contributed by atoms with van der Waals surface area (Å²) in [4.78, 5) is 16.6. The van der Waals surface area contributed by atoms with Crippen LogP contribution >= 0.6 is 0 Å². The van der Waals surface area contributed by atoms with Gasteiger partial charge in [0, 0.05) is 11.1 Å². The average Bonchev–Trinajstić information content (AvgIpc) is 3.12. The lowest BCUT2D eigenvalue weighted by Crippen LogP contribution is -2.18. The summed E-state index contributed by atoms with van der Waals surface area (Å²) in [6.07, 6.45) is 0. The molecule has 5 heteroatoms. The Morgan fingerprint density at radius 2 is 1.67 bits per heavy atom. The van der Waals surface area contributed by atoms with Gasteiger partial charge in [-0.3, -0.25) is 10.0 Å². The highest BCUT2D eigenvalue weighted by atomic mass is 16.5. The normalized spacial score (nSPS) is 12.1. The topological polar surface area (TPSA) is 67.2 Å². The van der Waals surface area contributed by atoms with Gasteiger partial charge in [-0.1, -0.05) is 60.7 Å². The number of hydroxylamine groups is 1. The number of aromatic nitrogens is 2. The SMILES string of the molecule is C[C@H](c1ccccc1)n1c(-c2ccccc2)nc2cc(C(=O)NO)ccc21. The number of amides is 1. The molecule has 0 saturated heterocycles. The van der Waals surface area contributed by atoms with Crippen LogP contribution in [0.2, 0.25) is 0 Å². The molecule has 4 rings (SSSR count). The fourth-order valence-corrected chi connectivity index (χ4v) is 3.37. The van der Waals surface area contributed by atoms with Gasteiger partial charge in [-0.05, 0) is 30.7 Å². The van der Waals surface area contributed by atoms with Crippen LogP contribution in [0, 0.1) is 0 Å². The Labute approximate surface area is 156 Å². The van der Waals surface area contributed by atoms with E-state index >= 15 is 0 Å². The highest BCUT2D eigenvalue weighted by molar-refractivity contribution is 5.97. The lowest BCUT2D eigenvalue weighted by Gasteiger charge is -2.18. The predicted molar refractivity (Wildman–Crippen MR) is 105 cm³/mol. The first-order chi connectivity index (χ1) is 13.2. The van der Waals surface area contributed by atoms with Gasteiger partial charge in [0.25, 0.3) is 5.91 Å². The number of nitrogens with one attached hydrogen (secondary N) is 1. The van der Waals surface area contributed by atoms with Gasteiger partial charge in [0.05, 0.1) is 17.1 Å². The maximum atomic E-state index is 11.8. The molecule has 0 spiro atoms. The molecule has 3 aromatic carbocycles. The molecule has 1 atom stereocenters. The van der Waals surface area contributed by atoms with Crippen molar-refractivity contribution in [1.29, 1.82) is 0 Å². The quantitative estimate of drug-likeness (QED) is 0.419. The van der Waals surface area contributed by atoms with Gasteiger partial charge in [-0.15, -0.1) is 0 Å². The number of carbonyl (C=O) groups excluding carboxylic acids is 1. The van der Waals surface area contributed by atoms with E-state index in [4.69, 9.17) is 10.2 Å². The number of fused-ring (bicyclic) bond motifs is 1. The van der Waals surface area contributed by atoms with Gasteiger partial charge in [0.2, 0.25) is 0 Å². The maximum Gasteiger partial charge on any atom is 0.274 e. The molecule has 2 N–H and O–H groups in total. The minimum Gasteiger partial charge on any atom is -0.317 e. The molecule has 5 nitrogen and oxygen atoms in total. The Hall–Kier alpha value is -3.44. The highest BCUT2D eigenvalue weighted by Gasteiger charge is 2.19. The zero-order valence-corrected chi connectivity index (χ0v) is 14.8. The molecule has 0 aliphatic carbocycles. The van der Waals surface area contributed by atoms with Crippen molar-refractivity contribution in [1.82, 2.24) is 15.0 Å². The zero-order chi connectivity index (χ0) is 18.8. The van der Waals surface area contributed by atoms with E-state index in [1.54, 1.807) is 17.6 Å². The number of imidazole rings is 1. The van der Waals surface area contributed by atoms with Crippen LogP contribution in [0.15, 0.2) is 78.9 Å². The molecule has 134 valence electrons. The summed E-state index contributed by atoms with van der Waals surface area (Å²) in [6, 6.07) is 25.6. The van der Waals surface area contributed by atoms with E-state index in [2.05, 4.69) is 23.6 Å². The lowest BCUT2D eigenvalue weighted by atomic mass is 10.1. The summed E-state index contributed by atoms with van der Waals surface area (Å²) in [5, 5.41) is 8.91. The molecular formula is C22H19N3O2. The van der Waals surface area contributed by atoms with Crippen LogP contribution in [0.1, 0.15) is 28.9 Å². The number of hydrogen-bond acceptors (Lipinski definition) is 3. The molecule has 0 aliphatic heterocycles. The Morgan fingerprint density at radius 1 is 1.00 bits per heavy atom. The van der Waals surface area contributed by atoms with E-state index < -0.39 is 5.91 Å². The number of hydrogen-bond donors (Lipinski definition) is 2. The van der Waals surface area contributed by atoms with Crippen LogP contribution in [0.4, 0.5) is 0 Å². The summed E-state index contributed by atoms with van der Waals surface area (Å²) in [5.41, 5.74) is 5.85. The van der Waals surface area contributed by atoms with Crippen LogP contribution in [0.3, 0.4) is 0 Å². The van der Waals surface area contributed by atoms with Crippen LogP contribution in [-0.4, -0.2) is 20.7 Å². The van der Waals surface area contributed by atoms with E-state index in [1.807, 2.05) is 54.6 Å². The number of nitrogens with zero attached hydrogens (tertiary/aromatic N) is 2. The monoisotopic (exact) mass is 357 g/mol. The Balaban J connectivity index is 1.95. The second kappa shape index (κ2) is 7.05. The summed E-state index contributed by atoms with van der Waals surface area (Å²) < 4.78 is 2.18. The standard InChI is InChI=1S/C22H19N3O2/c1-15(16-8-4-2-5-9-16)25-20-13-12-18(22(26)24-27)14-19(20)23-21(25)17-10-6-3-7-11-17/h2-15,27H,1H3,(H,24,26)/t15-/m1/s1. The molecule has 0 aliphatic rings. The molecule has 4 aromatic rings. The summed E-state index contributed by atoms with van der Waals surface area (Å²) in [5.74, 6) is 0.285.